The number of fused-ring (bicyclic) bond motifs is 1. The van der Waals surface area contributed by atoms with Crippen molar-refractivity contribution in [1.29, 1.82) is 10.5 Å². The fraction of sp³-hybridized carbons (Fsp3) is 0.269. The number of rotatable bonds is 5. The normalized spacial score (nSPS) is 15.6. The molecule has 2 aromatic carbocycles. The summed E-state index contributed by atoms with van der Waals surface area (Å²) in [6.45, 7) is 2.31. The van der Waals surface area contributed by atoms with Crippen LogP contribution in [0.1, 0.15) is 35.1 Å². The van der Waals surface area contributed by atoms with Gasteiger partial charge in [-0.1, -0.05) is 0 Å². The zero-order valence-corrected chi connectivity index (χ0v) is 21.6. The summed E-state index contributed by atoms with van der Waals surface area (Å²) in [5, 5.41) is 19.1. The molecule has 0 N–H and O–H groups in total. The molecule has 0 spiro atoms. The molecule has 2 atom stereocenters. The predicted octanol–water partition coefficient (Wildman–Crippen LogP) is 2.45. The van der Waals surface area contributed by atoms with Gasteiger partial charge >= 0.3 is 212 Å². The van der Waals surface area contributed by atoms with E-state index in [1.807, 2.05) is 41.0 Å². The van der Waals surface area contributed by atoms with Crippen LogP contribution in [-0.4, -0.2) is 49.0 Å². The Morgan fingerprint density at radius 3 is 2.31 bits per heavy atom. The maximum atomic E-state index is 13.8. The van der Waals surface area contributed by atoms with Crippen molar-refractivity contribution in [1.82, 2.24) is 19.1 Å². The summed E-state index contributed by atoms with van der Waals surface area (Å²) in [4.78, 5) is 25.3. The number of nitriles is 2. The van der Waals surface area contributed by atoms with E-state index in [4.69, 9.17) is 4.98 Å². The SMILES string of the molecule is N#Cc1ccccc1Cn1c(N2CCCC([AsH2])C2)nc2c(ncn2Cc2ccccc2C#N)c1=O. The van der Waals surface area contributed by atoms with E-state index in [9.17, 15) is 15.3 Å². The van der Waals surface area contributed by atoms with E-state index < -0.39 is 0 Å². The number of piperidine rings is 1. The molecule has 9 heteroatoms. The molecule has 1 aliphatic heterocycles. The number of anilines is 1. The Morgan fingerprint density at radius 2 is 1.66 bits per heavy atom. The van der Waals surface area contributed by atoms with Crippen molar-refractivity contribution in [2.45, 2.75) is 30.6 Å². The number of nitrogens with zero attached hydrogens (tertiary/aromatic N) is 7. The van der Waals surface area contributed by atoms with Crippen LogP contribution in [0, 0.1) is 22.7 Å². The Morgan fingerprint density at radius 1 is 1.00 bits per heavy atom. The first-order chi connectivity index (χ1) is 17.1. The molecule has 0 amide bonds. The molecule has 2 aromatic heterocycles. The summed E-state index contributed by atoms with van der Waals surface area (Å²) in [7, 11) is 0. The molecular formula is C26H24AsN7O. The van der Waals surface area contributed by atoms with Crippen LogP contribution in [0.15, 0.2) is 59.7 Å². The second kappa shape index (κ2) is 9.78. The first-order valence-electron chi connectivity index (χ1n) is 11.5. The van der Waals surface area contributed by atoms with E-state index in [0.717, 1.165) is 30.6 Å². The predicted molar refractivity (Wildman–Crippen MR) is 136 cm³/mol. The molecule has 5 rings (SSSR count). The van der Waals surface area contributed by atoms with Crippen LogP contribution >= 0.6 is 0 Å². The molecular weight excluding hydrogens is 501 g/mol. The van der Waals surface area contributed by atoms with E-state index in [1.54, 1.807) is 39.9 Å². The molecule has 1 aliphatic rings. The average molecular weight is 525 g/mol. The quantitative estimate of drug-likeness (QED) is 0.371. The minimum absolute atomic E-state index is 0.228. The van der Waals surface area contributed by atoms with Gasteiger partial charge in [0.1, 0.15) is 0 Å². The Labute approximate surface area is 211 Å². The van der Waals surface area contributed by atoms with Gasteiger partial charge in [-0.05, 0) is 0 Å². The minimum atomic E-state index is -0.228. The van der Waals surface area contributed by atoms with Gasteiger partial charge in [-0.25, -0.2) is 0 Å². The van der Waals surface area contributed by atoms with Crippen LogP contribution < -0.4 is 10.5 Å². The number of benzene rings is 2. The summed E-state index contributed by atoms with van der Waals surface area (Å²) in [5.74, 6) is 0.605. The Balaban J connectivity index is 1.65. The molecule has 1 saturated heterocycles. The summed E-state index contributed by atoms with van der Waals surface area (Å²) < 4.78 is 4.04. The summed E-state index contributed by atoms with van der Waals surface area (Å²) in [5.41, 5.74) is 3.31. The molecule has 0 aliphatic carbocycles. The standard InChI is InChI=1S/C26H24AsN7O/c27-22-10-5-11-32(16-22)26-31-24-23(25(35)34(26)15-21-9-4-2-7-19(21)13-29)30-17-33(24)14-20-8-3-1-6-18(20)12-28/h1-4,6-9,17,22H,5,10-11,14-16,27H2. The van der Waals surface area contributed by atoms with E-state index in [1.165, 1.54) is 6.42 Å². The van der Waals surface area contributed by atoms with Gasteiger partial charge in [0, 0.05) is 0 Å². The Hall–Kier alpha value is -3.87. The number of hydrogen-bond acceptors (Lipinski definition) is 6. The molecule has 2 unspecified atom stereocenters. The van der Waals surface area contributed by atoms with Gasteiger partial charge in [-0.3, -0.25) is 0 Å². The van der Waals surface area contributed by atoms with E-state index >= 15 is 0 Å². The first-order valence-corrected chi connectivity index (χ1v) is 12.9. The van der Waals surface area contributed by atoms with Crippen LogP contribution in [0.5, 0.6) is 0 Å². The van der Waals surface area contributed by atoms with Gasteiger partial charge in [-0.15, -0.1) is 0 Å². The van der Waals surface area contributed by atoms with Crippen molar-refractivity contribution in [3.05, 3.63) is 87.5 Å². The van der Waals surface area contributed by atoms with Gasteiger partial charge in [0.05, 0.1) is 0 Å². The van der Waals surface area contributed by atoms with Crippen molar-refractivity contribution in [3.8, 4) is 12.1 Å². The fourth-order valence-electron chi connectivity index (χ4n) is 4.60. The van der Waals surface area contributed by atoms with Gasteiger partial charge in [0.15, 0.2) is 0 Å². The molecule has 4 aromatic rings. The molecule has 3 heterocycles. The zero-order valence-electron chi connectivity index (χ0n) is 19.1. The molecule has 0 bridgehead atoms. The molecule has 8 nitrogen and oxygen atoms in total. The van der Waals surface area contributed by atoms with Gasteiger partial charge in [-0.2, -0.15) is 0 Å². The second-order valence-electron chi connectivity index (χ2n) is 8.73. The van der Waals surface area contributed by atoms with Crippen molar-refractivity contribution in [2.75, 3.05) is 18.0 Å². The van der Waals surface area contributed by atoms with Crippen LogP contribution in [0.3, 0.4) is 0 Å². The molecule has 0 radical (unpaired) electrons. The van der Waals surface area contributed by atoms with Crippen LogP contribution in [0.2, 0.25) is 4.71 Å². The zero-order chi connectivity index (χ0) is 24.4. The average Bonchev–Trinajstić information content (AvgIpc) is 3.29. The maximum absolute atomic E-state index is 13.8. The third kappa shape index (κ3) is 4.46. The van der Waals surface area contributed by atoms with Crippen LogP contribution in [-0.2, 0) is 13.1 Å². The number of aromatic nitrogens is 4. The third-order valence-corrected chi connectivity index (χ3v) is 7.53. The van der Waals surface area contributed by atoms with Crippen LogP contribution in [0.25, 0.3) is 11.2 Å². The topological polar surface area (TPSA) is 104 Å². The summed E-state index contributed by atoms with van der Waals surface area (Å²) >= 11 is 1.70. The summed E-state index contributed by atoms with van der Waals surface area (Å²) in [6, 6.07) is 19.2. The van der Waals surface area contributed by atoms with Crippen molar-refractivity contribution in [3.63, 3.8) is 0 Å². The number of hydrogen-bond donors (Lipinski definition) is 0. The molecule has 0 saturated carbocycles. The van der Waals surface area contributed by atoms with E-state index in [2.05, 4.69) is 22.0 Å². The third-order valence-electron chi connectivity index (χ3n) is 6.39. The summed E-state index contributed by atoms with van der Waals surface area (Å²) in [6.07, 6.45) is 3.83. The Kier molecular flexibility index (Phi) is 6.40. The second-order valence-corrected chi connectivity index (χ2v) is 10.7. The molecule has 174 valence electrons. The van der Waals surface area contributed by atoms with E-state index in [0.29, 0.717) is 34.0 Å². The Bertz CT molecular complexity index is 1540. The van der Waals surface area contributed by atoms with Crippen molar-refractivity contribution < 1.29 is 0 Å². The molecule has 35 heavy (non-hydrogen) atoms. The van der Waals surface area contributed by atoms with Gasteiger partial charge in [0.2, 0.25) is 0 Å². The number of imidazole rings is 1. The van der Waals surface area contributed by atoms with Gasteiger partial charge in [0.25, 0.3) is 0 Å². The van der Waals surface area contributed by atoms with Crippen molar-refractivity contribution in [2.24, 2.45) is 0 Å². The monoisotopic (exact) mass is 525 g/mol. The van der Waals surface area contributed by atoms with E-state index in [-0.39, 0.29) is 17.6 Å². The first kappa shape index (κ1) is 22.9. The van der Waals surface area contributed by atoms with Crippen molar-refractivity contribution >= 4 is 34.0 Å². The molecule has 1 fully saturated rings. The van der Waals surface area contributed by atoms with Gasteiger partial charge < -0.3 is 0 Å². The van der Waals surface area contributed by atoms with Crippen LogP contribution in [0.4, 0.5) is 5.95 Å². The fourth-order valence-corrected chi connectivity index (χ4v) is 5.63.